The maximum Gasteiger partial charge on any atom is 0.494 e. The number of hydrogen-bond donors (Lipinski definition) is 1. The van der Waals surface area contributed by atoms with Crippen molar-refractivity contribution in [2.75, 3.05) is 6.54 Å². The summed E-state index contributed by atoms with van der Waals surface area (Å²) in [5.41, 5.74) is 4.10. The van der Waals surface area contributed by atoms with E-state index in [2.05, 4.69) is 64.0 Å². The summed E-state index contributed by atoms with van der Waals surface area (Å²) in [4.78, 5) is 12.9. The highest BCUT2D eigenvalue weighted by Crippen LogP contribution is 2.36. The topological polar surface area (TPSA) is 94.6 Å². The molecule has 216 valence electrons. The van der Waals surface area contributed by atoms with Crippen molar-refractivity contribution in [2.24, 2.45) is 5.92 Å². The number of nitrogens with zero attached hydrogens (tertiary/aromatic N) is 5. The fraction of sp³-hybridized carbons (Fsp3) is 0.452. The van der Waals surface area contributed by atoms with Crippen molar-refractivity contribution in [3.8, 4) is 0 Å². The van der Waals surface area contributed by atoms with Crippen molar-refractivity contribution in [2.45, 2.75) is 79.2 Å². The van der Waals surface area contributed by atoms with Crippen molar-refractivity contribution in [3.63, 3.8) is 0 Å². The number of fused-ring (bicyclic) bond motifs is 2. The molecule has 1 saturated heterocycles. The minimum absolute atomic E-state index is 0.305. The predicted octanol–water partition coefficient (Wildman–Crippen LogP) is 5.77. The van der Waals surface area contributed by atoms with Gasteiger partial charge in [-0.1, -0.05) is 31.2 Å². The number of allylic oxidation sites excluding steroid dienone is 1. The first kappa shape index (κ1) is 28.9. The molecule has 2 aliphatic rings. The van der Waals surface area contributed by atoms with Crippen LogP contribution in [-0.2, 0) is 22.4 Å². The molecule has 0 bridgehead atoms. The van der Waals surface area contributed by atoms with E-state index in [0.29, 0.717) is 12.5 Å². The van der Waals surface area contributed by atoms with E-state index >= 15 is 0 Å². The van der Waals surface area contributed by atoms with Gasteiger partial charge in [-0.2, -0.15) is 10.2 Å². The summed E-state index contributed by atoms with van der Waals surface area (Å²) in [6.45, 7) is 16.7. The SMILES string of the molecule is CCn1cc2cc(B3OC(C)(C)C(C)(C)O3)ccc2n1.CCn1cc2cc(C3=CC[C@H](C)CN3C(=O)O)ccc2n1. The number of carbonyl (C=O) groups is 1. The number of amides is 1. The smallest absolute Gasteiger partial charge is 0.465 e. The van der Waals surface area contributed by atoms with Crippen molar-refractivity contribution >= 4 is 46.2 Å². The minimum atomic E-state index is -0.892. The maximum absolute atomic E-state index is 11.5. The molecule has 4 heterocycles. The monoisotopic (exact) mass is 557 g/mol. The Balaban J connectivity index is 0.000000165. The van der Waals surface area contributed by atoms with Gasteiger partial charge in [0.15, 0.2) is 0 Å². The Morgan fingerprint density at radius 3 is 2.07 bits per heavy atom. The molecule has 1 N–H and O–H groups in total. The number of aryl methyl sites for hydroxylation is 2. The zero-order valence-electron chi connectivity index (χ0n) is 25.1. The molecule has 9 nitrogen and oxygen atoms in total. The number of carboxylic acid groups (broad SMARTS) is 1. The van der Waals surface area contributed by atoms with Crippen LogP contribution in [-0.4, -0.2) is 60.5 Å². The molecule has 0 saturated carbocycles. The van der Waals surface area contributed by atoms with Crippen LogP contribution in [0.25, 0.3) is 27.5 Å². The Labute approximate surface area is 241 Å². The lowest BCUT2D eigenvalue weighted by atomic mass is 9.79. The average molecular weight is 558 g/mol. The van der Waals surface area contributed by atoms with Gasteiger partial charge in [0.2, 0.25) is 0 Å². The number of hydrogen-bond acceptors (Lipinski definition) is 5. The highest BCUT2D eigenvalue weighted by atomic mass is 16.7. The van der Waals surface area contributed by atoms with Crippen molar-refractivity contribution in [3.05, 3.63) is 60.4 Å². The Morgan fingerprint density at radius 1 is 0.951 bits per heavy atom. The molecule has 10 heteroatoms. The number of benzene rings is 2. The summed E-state index contributed by atoms with van der Waals surface area (Å²) < 4.78 is 16.0. The van der Waals surface area contributed by atoms with Crippen LogP contribution >= 0.6 is 0 Å². The normalized spacial score (nSPS) is 19.8. The van der Waals surface area contributed by atoms with Crippen LogP contribution in [0.4, 0.5) is 4.79 Å². The molecule has 2 aromatic carbocycles. The van der Waals surface area contributed by atoms with E-state index in [9.17, 15) is 9.90 Å². The second-order valence-electron chi connectivity index (χ2n) is 12.0. The minimum Gasteiger partial charge on any atom is -0.465 e. The summed E-state index contributed by atoms with van der Waals surface area (Å²) in [5.74, 6) is 0.358. The molecule has 1 amide bonds. The van der Waals surface area contributed by atoms with E-state index in [0.717, 1.165) is 58.0 Å². The lowest BCUT2D eigenvalue weighted by Gasteiger charge is -2.32. The number of rotatable bonds is 4. The van der Waals surface area contributed by atoms with Crippen LogP contribution in [0.2, 0.25) is 0 Å². The summed E-state index contributed by atoms with van der Waals surface area (Å²) in [6, 6.07) is 12.1. The second-order valence-corrected chi connectivity index (χ2v) is 12.0. The summed E-state index contributed by atoms with van der Waals surface area (Å²) in [6.07, 6.45) is 6.09. The van der Waals surface area contributed by atoms with Crippen LogP contribution < -0.4 is 5.46 Å². The van der Waals surface area contributed by atoms with Gasteiger partial charge < -0.3 is 14.4 Å². The van der Waals surface area contributed by atoms with E-state index in [1.807, 2.05) is 58.9 Å². The van der Waals surface area contributed by atoms with Gasteiger partial charge in [-0.25, -0.2) is 4.79 Å². The zero-order valence-corrected chi connectivity index (χ0v) is 25.1. The van der Waals surface area contributed by atoms with Gasteiger partial charge in [0.1, 0.15) is 0 Å². The molecule has 2 aliphatic heterocycles. The van der Waals surface area contributed by atoms with Gasteiger partial charge in [-0.15, -0.1) is 0 Å². The molecule has 0 aliphatic carbocycles. The highest BCUT2D eigenvalue weighted by Gasteiger charge is 2.51. The molecule has 2 aromatic heterocycles. The van der Waals surface area contributed by atoms with E-state index in [1.165, 1.54) is 4.90 Å². The molecule has 1 atom stereocenters. The quantitative estimate of drug-likeness (QED) is 0.320. The van der Waals surface area contributed by atoms with E-state index < -0.39 is 6.09 Å². The van der Waals surface area contributed by atoms with Gasteiger partial charge in [-0.05, 0) is 83.1 Å². The van der Waals surface area contributed by atoms with E-state index in [-0.39, 0.29) is 18.3 Å². The Kier molecular flexibility index (Phi) is 7.74. The van der Waals surface area contributed by atoms with Crippen LogP contribution in [0.1, 0.15) is 60.5 Å². The molecule has 4 aromatic rings. The van der Waals surface area contributed by atoms with Crippen LogP contribution in [0.5, 0.6) is 0 Å². The molecular weight excluding hydrogens is 517 g/mol. The Hall–Kier alpha value is -3.63. The standard InChI is InChI=1S/C16H19N3O2.C15H21BN2O2/c1-3-18-10-13-8-12(5-6-14(13)17-18)15-7-4-11(2)9-19(15)16(20)21;1-6-18-10-11-9-12(7-8-13(11)17-18)16-19-14(2,3)15(4,5)20-16/h5-8,10-11H,3-4,9H2,1-2H3,(H,20,21);7-10H,6H2,1-5H3/t11-;/m0./s1. The fourth-order valence-electron chi connectivity index (χ4n) is 5.14. The van der Waals surface area contributed by atoms with Crippen molar-refractivity contribution in [1.82, 2.24) is 24.5 Å². The molecule has 41 heavy (non-hydrogen) atoms. The maximum atomic E-state index is 11.5. The van der Waals surface area contributed by atoms with Gasteiger partial charge in [0.05, 0.1) is 27.9 Å². The van der Waals surface area contributed by atoms with E-state index in [1.54, 1.807) is 0 Å². The van der Waals surface area contributed by atoms with Gasteiger partial charge in [-0.3, -0.25) is 14.3 Å². The van der Waals surface area contributed by atoms with Crippen molar-refractivity contribution < 1.29 is 19.2 Å². The van der Waals surface area contributed by atoms with Gasteiger partial charge in [0.25, 0.3) is 0 Å². The highest BCUT2D eigenvalue weighted by molar-refractivity contribution is 6.62. The summed E-state index contributed by atoms with van der Waals surface area (Å²) in [7, 11) is -0.311. The first-order valence-corrected chi connectivity index (χ1v) is 14.4. The predicted molar refractivity (Wildman–Crippen MR) is 163 cm³/mol. The molecule has 1 fully saturated rings. The zero-order chi connectivity index (χ0) is 29.5. The fourth-order valence-corrected chi connectivity index (χ4v) is 5.14. The lowest BCUT2D eigenvalue weighted by molar-refractivity contribution is 0.00578. The molecule has 0 unspecified atom stereocenters. The Bertz CT molecular complexity index is 1590. The largest absolute Gasteiger partial charge is 0.494 e. The number of aromatic nitrogens is 4. The first-order chi connectivity index (χ1) is 19.4. The van der Waals surface area contributed by atoms with Gasteiger partial charge >= 0.3 is 13.2 Å². The second kappa shape index (κ2) is 11.0. The molecule has 6 rings (SSSR count). The van der Waals surface area contributed by atoms with Crippen LogP contribution in [0, 0.1) is 5.92 Å². The average Bonchev–Trinajstić information content (AvgIpc) is 3.60. The lowest BCUT2D eigenvalue weighted by Crippen LogP contribution is -2.41. The first-order valence-electron chi connectivity index (χ1n) is 14.4. The molecule has 0 radical (unpaired) electrons. The van der Waals surface area contributed by atoms with E-state index in [4.69, 9.17) is 9.31 Å². The third-order valence-electron chi connectivity index (χ3n) is 8.33. The third-order valence-corrected chi connectivity index (χ3v) is 8.33. The van der Waals surface area contributed by atoms with Gasteiger partial charge in [0, 0.05) is 42.8 Å². The van der Waals surface area contributed by atoms with Crippen molar-refractivity contribution in [1.29, 1.82) is 0 Å². The van der Waals surface area contributed by atoms with Crippen LogP contribution in [0.15, 0.2) is 54.9 Å². The third kappa shape index (κ3) is 5.76. The molecule has 0 spiro atoms. The Morgan fingerprint density at radius 2 is 1.51 bits per heavy atom. The van der Waals surface area contributed by atoms with Crippen LogP contribution in [0.3, 0.4) is 0 Å². The summed E-state index contributed by atoms with van der Waals surface area (Å²) >= 11 is 0. The molecular formula is C31H40BN5O4. The summed E-state index contributed by atoms with van der Waals surface area (Å²) in [5, 5.41) is 20.5.